The van der Waals surface area contributed by atoms with Gasteiger partial charge < -0.3 is 20.4 Å². The van der Waals surface area contributed by atoms with E-state index in [0.29, 0.717) is 0 Å². The Bertz CT molecular complexity index is 345. The molecule has 0 aromatic heterocycles. The monoisotopic (exact) mass is 223 g/mol. The third kappa shape index (κ3) is 0.894. The molecule has 8 heteroatoms. The number of aliphatic hydroxyl groups excluding tert-OH is 4. The van der Waals surface area contributed by atoms with Crippen molar-refractivity contribution in [1.82, 2.24) is 5.09 Å². The summed E-state index contributed by atoms with van der Waals surface area (Å²) in [5.74, 6) is 0. The minimum absolute atomic E-state index is 0.610. The summed E-state index contributed by atoms with van der Waals surface area (Å²) in [5, 5.41) is 36.9. The lowest BCUT2D eigenvalue weighted by molar-refractivity contribution is -0.119. The molecule has 0 saturated carbocycles. The van der Waals surface area contributed by atoms with Crippen molar-refractivity contribution in [2.45, 2.75) is 23.6 Å². The van der Waals surface area contributed by atoms with E-state index < -0.39 is 43.0 Å². The van der Waals surface area contributed by atoms with Crippen LogP contribution in [0.5, 0.6) is 0 Å². The molecule has 0 radical (unpaired) electrons. The van der Waals surface area contributed by atoms with Crippen molar-refractivity contribution in [1.29, 1.82) is 0 Å². The van der Waals surface area contributed by atoms with Gasteiger partial charge in [-0.25, -0.2) is 5.09 Å². The fourth-order valence-electron chi connectivity index (χ4n) is 1.53. The second kappa shape index (κ2) is 2.63. The highest BCUT2D eigenvalue weighted by Gasteiger charge is 2.96. The summed E-state index contributed by atoms with van der Waals surface area (Å²) >= 11 is 0. The van der Waals surface area contributed by atoms with Crippen LogP contribution in [0.1, 0.15) is 0 Å². The van der Waals surface area contributed by atoms with Crippen molar-refractivity contribution < 1.29 is 29.8 Å². The van der Waals surface area contributed by atoms with Gasteiger partial charge in [0.15, 0.2) is 5.28 Å². The van der Waals surface area contributed by atoms with Gasteiger partial charge in [-0.1, -0.05) is 0 Å². The van der Waals surface area contributed by atoms with Crippen molar-refractivity contribution in [2.75, 3.05) is 6.61 Å². The third-order valence-corrected chi connectivity index (χ3v) is 5.39. The molecular weight excluding hydrogens is 213 g/mol. The van der Waals surface area contributed by atoms with Crippen molar-refractivity contribution in [3.8, 4) is 0 Å². The molecule has 5 atom stereocenters. The second-order valence-electron chi connectivity index (χ2n) is 3.48. The van der Waals surface area contributed by atoms with Crippen LogP contribution in [0.15, 0.2) is 0 Å². The number of fused-ring (bicyclic) bond motifs is 1. The van der Waals surface area contributed by atoms with E-state index in [4.69, 9.17) is 10.2 Å². The molecule has 2 heterocycles. The minimum atomic E-state index is -3.10. The maximum Gasteiger partial charge on any atom is 0.244 e. The van der Waals surface area contributed by atoms with Crippen LogP contribution in [0.2, 0.25) is 0 Å². The Morgan fingerprint density at radius 1 is 1.43 bits per heavy atom. The van der Waals surface area contributed by atoms with E-state index >= 15 is 0 Å². The molecule has 2 aliphatic rings. The molecule has 14 heavy (non-hydrogen) atoms. The van der Waals surface area contributed by atoms with E-state index in [-0.39, 0.29) is 0 Å². The highest BCUT2D eigenvalue weighted by atomic mass is 31.2. The average Bonchev–Trinajstić information content (AvgIpc) is 2.97. The van der Waals surface area contributed by atoms with Gasteiger partial charge in [0.2, 0.25) is 12.8 Å². The van der Waals surface area contributed by atoms with Gasteiger partial charge in [0.25, 0.3) is 0 Å². The van der Waals surface area contributed by atoms with Crippen LogP contribution < -0.4 is 5.09 Å². The van der Waals surface area contributed by atoms with E-state index in [9.17, 15) is 19.6 Å². The summed E-state index contributed by atoms with van der Waals surface area (Å²) < 4.78 is 11.2. The maximum atomic E-state index is 11.2. The molecule has 2 saturated heterocycles. The molecular formula is C6H10NO6P. The number of rotatable bonds is 4. The Morgan fingerprint density at radius 2 is 1.93 bits per heavy atom. The Morgan fingerprint density at radius 3 is 2.21 bits per heavy atom. The van der Waals surface area contributed by atoms with Gasteiger partial charge in [-0.3, -0.25) is 9.36 Å². The molecule has 5 N–H and O–H groups in total. The maximum absolute atomic E-state index is 11.2. The molecule has 0 aromatic rings. The fourth-order valence-corrected chi connectivity index (χ4v) is 4.05. The molecule has 0 spiro atoms. The standard InChI is InChI=1S/C6H10NO6P/c8-1-2(9)3(10)4(11)6-5(12)14(6,13)7-6/h2-4,8-11H,1H2,(H,7,13)/t2-,3-,4+,6+,14?/m1/s1. The average molecular weight is 223 g/mol. The number of carbonyl (C=O) groups is 1. The largest absolute Gasteiger partial charge is 0.394 e. The number of hydrogen-bond donors (Lipinski definition) is 5. The van der Waals surface area contributed by atoms with E-state index in [2.05, 4.69) is 5.09 Å². The van der Waals surface area contributed by atoms with E-state index in [1.54, 1.807) is 0 Å². The third-order valence-electron chi connectivity index (χ3n) is 2.67. The van der Waals surface area contributed by atoms with E-state index in [0.717, 1.165) is 0 Å². The van der Waals surface area contributed by atoms with Crippen LogP contribution in [0.25, 0.3) is 0 Å². The van der Waals surface area contributed by atoms with Crippen LogP contribution in [-0.2, 0) is 9.36 Å². The zero-order valence-electron chi connectivity index (χ0n) is 6.99. The normalized spacial score (nSPS) is 45.3. The highest BCUT2D eigenvalue weighted by Crippen LogP contribution is 2.90. The van der Waals surface area contributed by atoms with Gasteiger partial charge in [0, 0.05) is 0 Å². The lowest BCUT2D eigenvalue weighted by atomic mass is 10.0. The first kappa shape index (κ1) is 10.2. The molecule has 1 unspecified atom stereocenters. The zero-order chi connectivity index (χ0) is 10.7. The fraction of sp³-hybridized carbons (Fsp3) is 0.833. The molecule has 2 aliphatic heterocycles. The Hall–Kier alpha value is -0.300. The summed E-state index contributed by atoms with van der Waals surface area (Å²) in [5.41, 5.74) is -0.610. The molecule has 0 amide bonds. The summed E-state index contributed by atoms with van der Waals surface area (Å²) in [6.07, 6.45) is -4.87. The number of nitrogens with one attached hydrogen (secondary N) is 1. The number of hydrogen-bond acceptors (Lipinski definition) is 6. The second-order valence-corrected chi connectivity index (χ2v) is 6.03. The molecule has 0 bridgehead atoms. The number of aliphatic hydroxyl groups is 4. The number of carbonyl (C=O) groups excluding carboxylic acids is 1. The quantitative estimate of drug-likeness (QED) is 0.256. The first-order valence-corrected chi connectivity index (χ1v) is 5.72. The Labute approximate surface area is 78.8 Å². The van der Waals surface area contributed by atoms with Gasteiger partial charge in [-0.2, -0.15) is 0 Å². The smallest absolute Gasteiger partial charge is 0.244 e. The molecule has 80 valence electrons. The predicted octanol–water partition coefficient (Wildman–Crippen LogP) is -2.82. The van der Waals surface area contributed by atoms with Gasteiger partial charge in [-0.05, 0) is 0 Å². The van der Waals surface area contributed by atoms with Crippen molar-refractivity contribution in [3.63, 3.8) is 0 Å². The Kier molecular flexibility index (Phi) is 1.92. The summed E-state index contributed by atoms with van der Waals surface area (Å²) in [7, 11) is -3.10. The van der Waals surface area contributed by atoms with Crippen molar-refractivity contribution >= 4 is 12.8 Å². The lowest BCUT2D eigenvalue weighted by Crippen LogP contribution is -2.47. The van der Waals surface area contributed by atoms with E-state index in [1.165, 1.54) is 0 Å². The van der Waals surface area contributed by atoms with Gasteiger partial charge in [0.1, 0.15) is 18.3 Å². The van der Waals surface area contributed by atoms with Crippen LogP contribution in [0, 0.1) is 0 Å². The Balaban J connectivity index is 2.08. The lowest BCUT2D eigenvalue weighted by Gasteiger charge is -2.21. The van der Waals surface area contributed by atoms with Crippen LogP contribution in [-0.4, -0.2) is 56.1 Å². The van der Waals surface area contributed by atoms with Crippen LogP contribution in [0.3, 0.4) is 0 Å². The summed E-state index contributed by atoms with van der Waals surface area (Å²) in [6, 6.07) is 0. The first-order chi connectivity index (χ1) is 6.41. The van der Waals surface area contributed by atoms with Gasteiger partial charge in [0.05, 0.1) is 6.61 Å². The topological polar surface area (TPSA) is 137 Å². The van der Waals surface area contributed by atoms with Gasteiger partial charge in [-0.15, -0.1) is 0 Å². The van der Waals surface area contributed by atoms with Crippen LogP contribution >= 0.6 is 7.29 Å². The zero-order valence-corrected chi connectivity index (χ0v) is 7.89. The molecule has 0 aliphatic carbocycles. The van der Waals surface area contributed by atoms with Crippen LogP contribution in [0.4, 0.5) is 0 Å². The SMILES string of the molecule is O=C1[C@@]2([C@@H](O)[C@H](O)[C@H](O)CO)NP12=O. The van der Waals surface area contributed by atoms with Crippen molar-refractivity contribution in [2.24, 2.45) is 0 Å². The predicted molar refractivity (Wildman–Crippen MR) is 43.6 cm³/mol. The minimum Gasteiger partial charge on any atom is -0.394 e. The highest BCUT2D eigenvalue weighted by molar-refractivity contribution is 8.00. The summed E-state index contributed by atoms with van der Waals surface area (Å²) in [4.78, 5) is 10.9. The van der Waals surface area contributed by atoms with Crippen molar-refractivity contribution in [3.05, 3.63) is 0 Å². The molecule has 2 fully saturated rings. The first-order valence-electron chi connectivity index (χ1n) is 4.01. The van der Waals surface area contributed by atoms with Gasteiger partial charge >= 0.3 is 0 Å². The molecule has 2 rings (SSSR count). The van der Waals surface area contributed by atoms with E-state index in [1.807, 2.05) is 0 Å². The molecule has 7 nitrogen and oxygen atoms in total. The summed E-state index contributed by atoms with van der Waals surface area (Å²) in [6.45, 7) is -0.743. The molecule has 0 aromatic carbocycles.